The standard InChI is InChI=1S/C16H18ClN5O.ClH/c17-13-3-1-4-14(11-13)20-15(23)12-21-7-9-22(10-8-21)16-18-5-2-6-19-16;/h1-6,11H,7-10,12H2,(H,20,23);1H. The second kappa shape index (κ2) is 8.82. The molecule has 0 radical (unpaired) electrons. The van der Waals surface area contributed by atoms with E-state index < -0.39 is 0 Å². The molecule has 1 N–H and O–H groups in total. The molecule has 1 fully saturated rings. The van der Waals surface area contributed by atoms with E-state index in [-0.39, 0.29) is 18.3 Å². The molecule has 0 spiro atoms. The van der Waals surface area contributed by atoms with Crippen LogP contribution in [0.1, 0.15) is 0 Å². The highest BCUT2D eigenvalue weighted by Crippen LogP contribution is 2.15. The summed E-state index contributed by atoms with van der Waals surface area (Å²) in [6.45, 7) is 3.61. The number of halogens is 2. The molecule has 1 aromatic carbocycles. The van der Waals surface area contributed by atoms with Crippen molar-refractivity contribution >= 4 is 41.6 Å². The van der Waals surface area contributed by atoms with Gasteiger partial charge in [-0.15, -0.1) is 12.4 Å². The van der Waals surface area contributed by atoms with Crippen molar-refractivity contribution in [3.8, 4) is 0 Å². The van der Waals surface area contributed by atoms with Crippen LogP contribution in [0.3, 0.4) is 0 Å². The molecule has 0 saturated carbocycles. The lowest BCUT2D eigenvalue weighted by atomic mass is 10.3. The summed E-state index contributed by atoms with van der Waals surface area (Å²) in [5.74, 6) is 0.715. The van der Waals surface area contributed by atoms with Crippen molar-refractivity contribution in [1.82, 2.24) is 14.9 Å². The van der Waals surface area contributed by atoms with E-state index >= 15 is 0 Å². The summed E-state index contributed by atoms with van der Waals surface area (Å²) in [5.41, 5.74) is 0.721. The first-order valence-electron chi connectivity index (χ1n) is 7.50. The Kier molecular flexibility index (Phi) is 6.78. The van der Waals surface area contributed by atoms with Crippen LogP contribution in [0.25, 0.3) is 0 Å². The topological polar surface area (TPSA) is 61.4 Å². The lowest BCUT2D eigenvalue weighted by Gasteiger charge is -2.34. The number of aromatic nitrogens is 2. The number of hydrogen-bond acceptors (Lipinski definition) is 5. The van der Waals surface area contributed by atoms with Crippen LogP contribution in [-0.4, -0.2) is 53.5 Å². The summed E-state index contributed by atoms with van der Waals surface area (Å²) in [4.78, 5) is 24.9. The molecule has 2 heterocycles. The monoisotopic (exact) mass is 367 g/mol. The fourth-order valence-electron chi connectivity index (χ4n) is 2.53. The van der Waals surface area contributed by atoms with Gasteiger partial charge in [-0.1, -0.05) is 17.7 Å². The Balaban J connectivity index is 0.00000208. The normalized spacial score (nSPS) is 14.8. The number of hydrogen-bond donors (Lipinski definition) is 1. The molecule has 0 aliphatic carbocycles. The average Bonchev–Trinajstić information content (AvgIpc) is 2.56. The summed E-state index contributed by atoms with van der Waals surface area (Å²) in [6.07, 6.45) is 3.49. The van der Waals surface area contributed by atoms with Crippen LogP contribution in [0.15, 0.2) is 42.7 Å². The molecule has 0 atom stereocenters. The first kappa shape index (κ1) is 18.4. The van der Waals surface area contributed by atoms with Gasteiger partial charge in [-0.2, -0.15) is 0 Å². The van der Waals surface area contributed by atoms with Crippen molar-refractivity contribution in [1.29, 1.82) is 0 Å². The van der Waals surface area contributed by atoms with E-state index in [4.69, 9.17) is 11.6 Å². The molecule has 1 aromatic heterocycles. The highest BCUT2D eigenvalue weighted by molar-refractivity contribution is 6.30. The number of amides is 1. The van der Waals surface area contributed by atoms with Crippen molar-refractivity contribution in [2.45, 2.75) is 0 Å². The van der Waals surface area contributed by atoms with Crippen LogP contribution in [0.2, 0.25) is 5.02 Å². The second-order valence-electron chi connectivity index (χ2n) is 5.37. The lowest BCUT2D eigenvalue weighted by molar-refractivity contribution is -0.117. The Labute approximate surface area is 152 Å². The van der Waals surface area contributed by atoms with Gasteiger partial charge in [-0.3, -0.25) is 9.69 Å². The number of anilines is 2. The van der Waals surface area contributed by atoms with Crippen molar-refractivity contribution in [3.63, 3.8) is 0 Å². The number of rotatable bonds is 4. The van der Waals surface area contributed by atoms with Crippen LogP contribution >= 0.6 is 24.0 Å². The first-order valence-corrected chi connectivity index (χ1v) is 7.88. The number of nitrogens with one attached hydrogen (secondary N) is 1. The predicted octanol–water partition coefficient (Wildman–Crippen LogP) is 2.31. The number of carbonyl (C=O) groups is 1. The fraction of sp³-hybridized carbons (Fsp3) is 0.312. The molecular formula is C16H19Cl2N5O. The first-order chi connectivity index (χ1) is 11.2. The molecule has 1 aliphatic heterocycles. The number of piperazine rings is 1. The molecule has 1 saturated heterocycles. The van der Waals surface area contributed by atoms with Crippen LogP contribution < -0.4 is 10.2 Å². The van der Waals surface area contributed by atoms with Crippen molar-refractivity contribution in [3.05, 3.63) is 47.7 Å². The summed E-state index contributed by atoms with van der Waals surface area (Å²) in [6, 6.07) is 8.97. The zero-order chi connectivity index (χ0) is 16.1. The van der Waals surface area contributed by atoms with Gasteiger partial charge < -0.3 is 10.2 Å². The Morgan fingerprint density at radius 1 is 1.12 bits per heavy atom. The maximum Gasteiger partial charge on any atom is 0.238 e. The molecule has 0 bridgehead atoms. The van der Waals surface area contributed by atoms with E-state index in [1.165, 1.54) is 0 Å². The Hall–Kier alpha value is -1.89. The van der Waals surface area contributed by atoms with Crippen LogP contribution in [0.5, 0.6) is 0 Å². The highest BCUT2D eigenvalue weighted by atomic mass is 35.5. The third-order valence-electron chi connectivity index (χ3n) is 3.68. The molecule has 0 unspecified atom stereocenters. The zero-order valence-electron chi connectivity index (χ0n) is 13.1. The van der Waals surface area contributed by atoms with Crippen LogP contribution in [0, 0.1) is 0 Å². The van der Waals surface area contributed by atoms with Crippen molar-refractivity contribution in [2.24, 2.45) is 0 Å². The maximum absolute atomic E-state index is 12.1. The Morgan fingerprint density at radius 2 is 1.83 bits per heavy atom. The molecule has 6 nitrogen and oxygen atoms in total. The van der Waals surface area contributed by atoms with E-state index in [2.05, 4.69) is 25.1 Å². The average molecular weight is 368 g/mol. The highest BCUT2D eigenvalue weighted by Gasteiger charge is 2.20. The van der Waals surface area contributed by atoms with Gasteiger partial charge in [0, 0.05) is 49.3 Å². The minimum Gasteiger partial charge on any atom is -0.338 e. The minimum absolute atomic E-state index is 0. The SMILES string of the molecule is Cl.O=C(CN1CCN(c2ncccn2)CC1)Nc1cccc(Cl)c1. The second-order valence-corrected chi connectivity index (χ2v) is 5.81. The van der Waals surface area contributed by atoms with Gasteiger partial charge in [0.05, 0.1) is 6.54 Å². The van der Waals surface area contributed by atoms with Crippen LogP contribution in [0.4, 0.5) is 11.6 Å². The molecule has 8 heteroatoms. The molecule has 1 amide bonds. The van der Waals surface area contributed by atoms with Gasteiger partial charge >= 0.3 is 0 Å². The van der Waals surface area contributed by atoms with E-state index in [0.29, 0.717) is 11.6 Å². The van der Waals surface area contributed by atoms with E-state index in [9.17, 15) is 4.79 Å². The summed E-state index contributed by atoms with van der Waals surface area (Å²) < 4.78 is 0. The molecule has 3 rings (SSSR count). The third-order valence-corrected chi connectivity index (χ3v) is 3.92. The molecule has 24 heavy (non-hydrogen) atoms. The number of nitrogens with zero attached hydrogens (tertiary/aromatic N) is 4. The lowest BCUT2D eigenvalue weighted by Crippen LogP contribution is -2.49. The Morgan fingerprint density at radius 3 is 2.50 bits per heavy atom. The van der Waals surface area contributed by atoms with Gasteiger partial charge in [0.1, 0.15) is 0 Å². The third kappa shape index (κ3) is 5.06. The molecule has 1 aliphatic rings. The summed E-state index contributed by atoms with van der Waals surface area (Å²) in [5, 5.41) is 3.48. The minimum atomic E-state index is -0.0309. The summed E-state index contributed by atoms with van der Waals surface area (Å²) in [7, 11) is 0. The quantitative estimate of drug-likeness (QED) is 0.898. The van der Waals surface area contributed by atoms with Gasteiger partial charge in [0.25, 0.3) is 0 Å². The Bertz CT molecular complexity index is 663. The van der Waals surface area contributed by atoms with Crippen molar-refractivity contribution in [2.75, 3.05) is 42.9 Å². The zero-order valence-corrected chi connectivity index (χ0v) is 14.6. The molecule has 128 valence electrons. The van der Waals surface area contributed by atoms with E-state index in [1.54, 1.807) is 30.6 Å². The predicted molar refractivity (Wildman–Crippen MR) is 98.0 cm³/mol. The molecule has 2 aromatic rings. The number of benzene rings is 1. The smallest absolute Gasteiger partial charge is 0.238 e. The fourth-order valence-corrected chi connectivity index (χ4v) is 2.72. The largest absolute Gasteiger partial charge is 0.338 e. The summed E-state index contributed by atoms with van der Waals surface area (Å²) >= 11 is 5.92. The van der Waals surface area contributed by atoms with Gasteiger partial charge in [0.15, 0.2) is 0 Å². The maximum atomic E-state index is 12.1. The molecular weight excluding hydrogens is 349 g/mol. The van der Waals surface area contributed by atoms with E-state index in [1.807, 2.05) is 12.1 Å². The van der Waals surface area contributed by atoms with Gasteiger partial charge in [-0.25, -0.2) is 9.97 Å². The number of carbonyl (C=O) groups excluding carboxylic acids is 1. The van der Waals surface area contributed by atoms with E-state index in [0.717, 1.165) is 37.8 Å². The van der Waals surface area contributed by atoms with Crippen molar-refractivity contribution < 1.29 is 4.79 Å². The van der Waals surface area contributed by atoms with Crippen LogP contribution in [-0.2, 0) is 4.79 Å². The van der Waals surface area contributed by atoms with Gasteiger partial charge in [0.2, 0.25) is 11.9 Å². The van der Waals surface area contributed by atoms with Gasteiger partial charge in [-0.05, 0) is 24.3 Å².